The van der Waals surface area contributed by atoms with E-state index < -0.39 is 0 Å². The standard InChI is InChI=1S/C7H9IN2O2/c1-4-5(8)6(11-2)10-7(9-4)12-3/h1-3H3. The lowest BCUT2D eigenvalue weighted by atomic mass is 10.4. The Morgan fingerprint density at radius 3 is 2.33 bits per heavy atom. The topological polar surface area (TPSA) is 44.2 Å². The quantitative estimate of drug-likeness (QED) is 0.768. The first kappa shape index (κ1) is 9.50. The molecule has 1 heterocycles. The van der Waals surface area contributed by atoms with Crippen molar-refractivity contribution in [3.63, 3.8) is 0 Å². The molecule has 0 amide bonds. The maximum absolute atomic E-state index is 5.03. The number of halogens is 1. The van der Waals surface area contributed by atoms with Crippen LogP contribution in [0.1, 0.15) is 5.69 Å². The van der Waals surface area contributed by atoms with Gasteiger partial charge < -0.3 is 9.47 Å². The molecule has 0 fully saturated rings. The molecule has 0 spiro atoms. The number of aryl methyl sites for hydroxylation is 1. The average Bonchev–Trinajstić information content (AvgIpc) is 2.09. The summed E-state index contributed by atoms with van der Waals surface area (Å²) in [6.07, 6.45) is 0. The zero-order valence-electron chi connectivity index (χ0n) is 7.09. The molecule has 0 aromatic carbocycles. The van der Waals surface area contributed by atoms with Crippen LogP contribution in [-0.2, 0) is 0 Å². The molecule has 1 aromatic heterocycles. The van der Waals surface area contributed by atoms with E-state index in [1.54, 1.807) is 7.11 Å². The van der Waals surface area contributed by atoms with Gasteiger partial charge in [-0.15, -0.1) is 0 Å². The third-order valence-corrected chi connectivity index (χ3v) is 2.58. The van der Waals surface area contributed by atoms with E-state index in [0.717, 1.165) is 9.26 Å². The highest BCUT2D eigenvalue weighted by atomic mass is 127. The lowest BCUT2D eigenvalue weighted by Gasteiger charge is -2.05. The van der Waals surface area contributed by atoms with Gasteiger partial charge in [-0.1, -0.05) is 0 Å². The second kappa shape index (κ2) is 3.88. The van der Waals surface area contributed by atoms with Gasteiger partial charge in [-0.25, -0.2) is 0 Å². The molecular formula is C7H9IN2O2. The summed E-state index contributed by atoms with van der Waals surface area (Å²) < 4.78 is 10.8. The van der Waals surface area contributed by atoms with E-state index in [1.807, 2.05) is 6.92 Å². The van der Waals surface area contributed by atoms with E-state index in [2.05, 4.69) is 32.6 Å². The van der Waals surface area contributed by atoms with Crippen LogP contribution in [0.3, 0.4) is 0 Å². The van der Waals surface area contributed by atoms with Gasteiger partial charge in [-0.2, -0.15) is 9.97 Å². The van der Waals surface area contributed by atoms with Crippen LogP contribution in [0.25, 0.3) is 0 Å². The van der Waals surface area contributed by atoms with Crippen LogP contribution in [0, 0.1) is 10.5 Å². The molecule has 0 aliphatic carbocycles. The summed E-state index contributed by atoms with van der Waals surface area (Å²) in [7, 11) is 3.10. The minimum atomic E-state index is 0.338. The number of hydrogen-bond acceptors (Lipinski definition) is 4. The minimum Gasteiger partial charge on any atom is -0.480 e. The maximum Gasteiger partial charge on any atom is 0.319 e. The molecule has 0 aliphatic rings. The predicted octanol–water partition coefficient (Wildman–Crippen LogP) is 1.41. The van der Waals surface area contributed by atoms with Crippen LogP contribution in [0.5, 0.6) is 11.9 Å². The molecule has 1 aromatic rings. The molecule has 0 bridgehead atoms. The monoisotopic (exact) mass is 280 g/mol. The second-order valence-corrected chi connectivity index (χ2v) is 3.20. The fourth-order valence-corrected chi connectivity index (χ4v) is 1.20. The summed E-state index contributed by atoms with van der Waals surface area (Å²) in [4.78, 5) is 8.09. The third kappa shape index (κ3) is 1.77. The largest absolute Gasteiger partial charge is 0.480 e. The van der Waals surface area contributed by atoms with Gasteiger partial charge >= 0.3 is 6.01 Å². The Labute approximate surface area is 84.5 Å². The van der Waals surface area contributed by atoms with Gasteiger partial charge in [-0.3, -0.25) is 0 Å². The van der Waals surface area contributed by atoms with Gasteiger partial charge in [0.2, 0.25) is 5.88 Å². The molecular weight excluding hydrogens is 271 g/mol. The number of rotatable bonds is 2. The van der Waals surface area contributed by atoms with Gasteiger partial charge in [-0.05, 0) is 29.5 Å². The van der Waals surface area contributed by atoms with Crippen LogP contribution in [0.2, 0.25) is 0 Å². The van der Waals surface area contributed by atoms with Gasteiger partial charge in [0, 0.05) is 0 Å². The Morgan fingerprint density at radius 1 is 1.17 bits per heavy atom. The first-order valence-corrected chi connectivity index (χ1v) is 4.39. The van der Waals surface area contributed by atoms with Gasteiger partial charge in [0.05, 0.1) is 23.5 Å². The number of nitrogens with zero attached hydrogens (tertiary/aromatic N) is 2. The molecule has 0 atom stereocenters. The van der Waals surface area contributed by atoms with E-state index >= 15 is 0 Å². The number of hydrogen-bond donors (Lipinski definition) is 0. The number of methoxy groups -OCH3 is 2. The lowest BCUT2D eigenvalue weighted by Crippen LogP contribution is -2.00. The van der Waals surface area contributed by atoms with Crippen molar-refractivity contribution in [2.45, 2.75) is 6.92 Å². The zero-order valence-corrected chi connectivity index (χ0v) is 9.25. The SMILES string of the molecule is COc1nc(C)c(I)c(OC)n1. The normalized spacial score (nSPS) is 9.67. The molecule has 0 unspecified atom stereocenters. The van der Waals surface area contributed by atoms with Crippen molar-refractivity contribution >= 4 is 22.6 Å². The van der Waals surface area contributed by atoms with Gasteiger partial charge in [0.15, 0.2) is 0 Å². The summed E-state index contributed by atoms with van der Waals surface area (Å²) in [5.41, 5.74) is 0.860. The van der Waals surface area contributed by atoms with Crippen LogP contribution in [0.4, 0.5) is 0 Å². The Morgan fingerprint density at radius 2 is 1.83 bits per heavy atom. The average molecular weight is 280 g/mol. The first-order valence-electron chi connectivity index (χ1n) is 3.31. The van der Waals surface area contributed by atoms with Crippen LogP contribution < -0.4 is 9.47 Å². The van der Waals surface area contributed by atoms with Crippen molar-refractivity contribution in [2.24, 2.45) is 0 Å². The zero-order chi connectivity index (χ0) is 9.14. The highest BCUT2D eigenvalue weighted by molar-refractivity contribution is 14.1. The molecule has 12 heavy (non-hydrogen) atoms. The van der Waals surface area contributed by atoms with E-state index in [0.29, 0.717) is 11.9 Å². The predicted molar refractivity (Wildman–Crippen MR) is 52.6 cm³/mol. The Balaban J connectivity index is 3.19. The summed E-state index contributed by atoms with van der Waals surface area (Å²) in [6, 6.07) is 0.338. The Hall–Kier alpha value is -0.590. The minimum absolute atomic E-state index is 0.338. The van der Waals surface area contributed by atoms with E-state index in [1.165, 1.54) is 7.11 Å². The molecule has 66 valence electrons. The lowest BCUT2D eigenvalue weighted by molar-refractivity contribution is 0.348. The van der Waals surface area contributed by atoms with E-state index in [-0.39, 0.29) is 0 Å². The van der Waals surface area contributed by atoms with Gasteiger partial charge in [0.1, 0.15) is 0 Å². The third-order valence-electron chi connectivity index (χ3n) is 1.34. The fourth-order valence-electron chi connectivity index (χ4n) is 0.735. The van der Waals surface area contributed by atoms with Crippen molar-refractivity contribution in [1.29, 1.82) is 0 Å². The van der Waals surface area contributed by atoms with Crippen molar-refractivity contribution in [1.82, 2.24) is 9.97 Å². The summed E-state index contributed by atoms with van der Waals surface area (Å²) in [6.45, 7) is 1.88. The smallest absolute Gasteiger partial charge is 0.319 e. The van der Waals surface area contributed by atoms with E-state index in [4.69, 9.17) is 9.47 Å². The van der Waals surface area contributed by atoms with Crippen molar-refractivity contribution in [3.8, 4) is 11.9 Å². The molecule has 4 nitrogen and oxygen atoms in total. The number of aromatic nitrogens is 2. The summed E-state index contributed by atoms with van der Waals surface area (Å²) >= 11 is 2.13. The van der Waals surface area contributed by atoms with Crippen molar-refractivity contribution in [2.75, 3.05) is 14.2 Å². The fraction of sp³-hybridized carbons (Fsp3) is 0.429. The Kier molecular flexibility index (Phi) is 3.07. The summed E-state index contributed by atoms with van der Waals surface area (Å²) in [5, 5.41) is 0. The van der Waals surface area contributed by atoms with Gasteiger partial charge in [0.25, 0.3) is 0 Å². The Bertz CT molecular complexity index is 291. The molecule has 0 saturated carbocycles. The molecule has 0 N–H and O–H groups in total. The molecule has 1 rings (SSSR count). The molecule has 5 heteroatoms. The molecule has 0 aliphatic heterocycles. The van der Waals surface area contributed by atoms with E-state index in [9.17, 15) is 0 Å². The summed E-state index contributed by atoms with van der Waals surface area (Å²) in [5.74, 6) is 0.556. The van der Waals surface area contributed by atoms with Crippen LogP contribution in [-0.4, -0.2) is 24.2 Å². The highest BCUT2D eigenvalue weighted by Gasteiger charge is 2.08. The first-order chi connectivity index (χ1) is 5.69. The maximum atomic E-state index is 5.03. The highest BCUT2D eigenvalue weighted by Crippen LogP contribution is 2.22. The molecule has 0 radical (unpaired) electrons. The molecule has 0 saturated heterocycles. The van der Waals surface area contributed by atoms with Crippen molar-refractivity contribution < 1.29 is 9.47 Å². The van der Waals surface area contributed by atoms with Crippen LogP contribution in [0.15, 0.2) is 0 Å². The van der Waals surface area contributed by atoms with Crippen molar-refractivity contribution in [3.05, 3.63) is 9.26 Å². The second-order valence-electron chi connectivity index (χ2n) is 2.12. The number of ether oxygens (including phenoxy) is 2. The van der Waals surface area contributed by atoms with Crippen LogP contribution >= 0.6 is 22.6 Å².